The Balaban J connectivity index is 0. The lowest BCUT2D eigenvalue weighted by atomic mass is 10.5. The van der Waals surface area contributed by atoms with Crippen LogP contribution in [0.5, 0.6) is 0 Å². The summed E-state index contributed by atoms with van der Waals surface area (Å²) in [7, 11) is 0. The quantitative estimate of drug-likeness (QED) is 0.407. The van der Waals surface area contributed by atoms with E-state index >= 15 is 0 Å². The van der Waals surface area contributed by atoms with Crippen LogP contribution in [-0.4, -0.2) is 30.5 Å². The van der Waals surface area contributed by atoms with Crippen molar-refractivity contribution >= 4 is 5.96 Å². The van der Waals surface area contributed by atoms with Gasteiger partial charge in [-0.25, -0.2) is 0 Å². The van der Waals surface area contributed by atoms with Crippen LogP contribution in [0, 0.1) is 5.41 Å². The Morgan fingerprint density at radius 3 is 1.27 bits per heavy atom. The lowest BCUT2D eigenvalue weighted by molar-refractivity contribution is 0.321. The molecule has 0 aromatic carbocycles. The van der Waals surface area contributed by atoms with Gasteiger partial charge in [0, 0.05) is 0 Å². The third kappa shape index (κ3) is 17.6. The van der Waals surface area contributed by atoms with E-state index in [9.17, 15) is 0 Å². The average molecular weight is 160 g/mol. The van der Waals surface area contributed by atoms with E-state index in [4.69, 9.17) is 5.41 Å². The molecule has 0 radical (unpaired) electrons. The summed E-state index contributed by atoms with van der Waals surface area (Å²) in [5.74, 6) is -0.333. The van der Waals surface area contributed by atoms with Crippen LogP contribution in [0.1, 0.15) is 20.8 Å². The molecule has 0 spiro atoms. The van der Waals surface area contributed by atoms with Crippen molar-refractivity contribution in [1.82, 2.24) is 4.90 Å². The summed E-state index contributed by atoms with van der Waals surface area (Å²) in [6.07, 6.45) is 0. The highest BCUT2D eigenvalue weighted by Crippen LogP contribution is 1.81. The maximum atomic E-state index is 6.06. The van der Waals surface area contributed by atoms with Crippen molar-refractivity contribution in [3.05, 3.63) is 0 Å². The van der Waals surface area contributed by atoms with Crippen molar-refractivity contribution in [2.24, 2.45) is 11.5 Å². The highest BCUT2D eigenvalue weighted by Gasteiger charge is 1.89. The molecule has 0 bridgehead atoms. The van der Waals surface area contributed by atoms with E-state index < -0.39 is 0 Å². The summed E-state index contributed by atoms with van der Waals surface area (Å²) < 4.78 is 0. The van der Waals surface area contributed by atoms with Crippen molar-refractivity contribution in [3.8, 4) is 0 Å². The van der Waals surface area contributed by atoms with E-state index in [-0.39, 0.29) is 5.96 Å². The Morgan fingerprint density at radius 1 is 1.09 bits per heavy atom. The zero-order valence-electron chi connectivity index (χ0n) is 7.72. The van der Waals surface area contributed by atoms with Crippen LogP contribution in [0.15, 0.2) is 0 Å². The predicted octanol–water partition coefficient (Wildman–Crippen LogP) is 0.187. The van der Waals surface area contributed by atoms with Crippen LogP contribution in [0.3, 0.4) is 0 Å². The molecule has 0 saturated heterocycles. The van der Waals surface area contributed by atoms with Gasteiger partial charge in [-0.05, 0) is 19.6 Å². The van der Waals surface area contributed by atoms with Gasteiger partial charge in [-0.2, -0.15) is 0 Å². The first-order valence-electron chi connectivity index (χ1n) is 3.90. The largest absolute Gasteiger partial charge is 0.370 e. The van der Waals surface area contributed by atoms with Crippen molar-refractivity contribution in [3.63, 3.8) is 0 Å². The normalized spacial score (nSPS) is 8.73. The highest BCUT2D eigenvalue weighted by atomic mass is 15.1. The van der Waals surface area contributed by atoms with Gasteiger partial charge in [0.25, 0.3) is 0 Å². The first-order chi connectivity index (χ1) is 5.08. The minimum absolute atomic E-state index is 0.333. The number of hydrogen-bond donors (Lipinski definition) is 3. The Labute approximate surface area is 69.1 Å². The molecule has 68 valence electrons. The minimum atomic E-state index is -0.333. The second kappa shape index (κ2) is 9.23. The monoisotopic (exact) mass is 160 g/mol. The first-order valence-corrected chi connectivity index (χ1v) is 3.90. The number of nitrogens with two attached hydrogens (primary N) is 2. The summed E-state index contributed by atoms with van der Waals surface area (Å²) in [4.78, 5) is 2.38. The molecular weight excluding hydrogens is 140 g/mol. The van der Waals surface area contributed by atoms with Crippen molar-refractivity contribution in [2.45, 2.75) is 20.8 Å². The van der Waals surface area contributed by atoms with Gasteiger partial charge in [-0.15, -0.1) is 0 Å². The Bertz CT molecular complexity index is 78.9. The van der Waals surface area contributed by atoms with Gasteiger partial charge in [0.15, 0.2) is 5.96 Å². The number of hydrogen-bond acceptors (Lipinski definition) is 2. The van der Waals surface area contributed by atoms with Gasteiger partial charge >= 0.3 is 0 Å². The lowest BCUT2D eigenvalue weighted by Crippen LogP contribution is -2.21. The number of rotatable bonds is 3. The van der Waals surface area contributed by atoms with Crippen LogP contribution >= 0.6 is 0 Å². The molecule has 5 N–H and O–H groups in total. The molecule has 0 aromatic rings. The summed E-state index contributed by atoms with van der Waals surface area (Å²) in [5.41, 5.74) is 8.94. The van der Waals surface area contributed by atoms with E-state index in [1.807, 2.05) is 0 Å². The Morgan fingerprint density at radius 2 is 1.27 bits per heavy atom. The zero-order chi connectivity index (χ0) is 9.28. The summed E-state index contributed by atoms with van der Waals surface area (Å²) in [6.45, 7) is 10.1. The molecule has 0 aliphatic carbocycles. The highest BCUT2D eigenvalue weighted by molar-refractivity contribution is 5.71. The fourth-order valence-corrected chi connectivity index (χ4v) is 0.671. The zero-order valence-corrected chi connectivity index (χ0v) is 7.72. The van der Waals surface area contributed by atoms with Gasteiger partial charge < -0.3 is 16.4 Å². The third-order valence-corrected chi connectivity index (χ3v) is 1.34. The predicted molar refractivity (Wildman–Crippen MR) is 49.6 cm³/mol. The van der Waals surface area contributed by atoms with Crippen LogP contribution in [0.2, 0.25) is 0 Å². The summed E-state index contributed by atoms with van der Waals surface area (Å²) in [5, 5.41) is 6.06. The van der Waals surface area contributed by atoms with Crippen LogP contribution in [0.25, 0.3) is 0 Å². The molecule has 0 amide bonds. The smallest absolute Gasteiger partial charge is 0.183 e. The van der Waals surface area contributed by atoms with E-state index in [1.165, 1.54) is 19.6 Å². The minimum Gasteiger partial charge on any atom is -0.370 e. The number of guanidine groups is 1. The van der Waals surface area contributed by atoms with Gasteiger partial charge in [0.1, 0.15) is 0 Å². The number of nitrogens with one attached hydrogen (secondary N) is 1. The third-order valence-electron chi connectivity index (χ3n) is 1.34. The van der Waals surface area contributed by atoms with Crippen molar-refractivity contribution in [1.29, 1.82) is 5.41 Å². The van der Waals surface area contributed by atoms with E-state index in [0.29, 0.717) is 0 Å². The topological polar surface area (TPSA) is 79.1 Å². The second-order valence-corrected chi connectivity index (χ2v) is 2.07. The number of nitrogens with zero attached hydrogens (tertiary/aromatic N) is 1. The molecule has 0 aliphatic heterocycles. The summed E-state index contributed by atoms with van der Waals surface area (Å²) in [6, 6.07) is 0. The lowest BCUT2D eigenvalue weighted by Gasteiger charge is -2.13. The van der Waals surface area contributed by atoms with Crippen LogP contribution in [-0.2, 0) is 0 Å². The molecule has 0 fully saturated rings. The van der Waals surface area contributed by atoms with Gasteiger partial charge in [-0.1, -0.05) is 20.8 Å². The van der Waals surface area contributed by atoms with Gasteiger partial charge in [0.2, 0.25) is 0 Å². The van der Waals surface area contributed by atoms with Crippen molar-refractivity contribution < 1.29 is 0 Å². The second-order valence-electron chi connectivity index (χ2n) is 2.07. The molecule has 0 aromatic heterocycles. The molecule has 0 unspecified atom stereocenters. The Hall–Kier alpha value is -0.770. The van der Waals surface area contributed by atoms with Gasteiger partial charge in [-0.3, -0.25) is 5.41 Å². The molecular formula is C7H20N4. The Kier molecular flexibility index (Phi) is 10.8. The van der Waals surface area contributed by atoms with E-state index in [2.05, 4.69) is 37.1 Å². The summed E-state index contributed by atoms with van der Waals surface area (Å²) >= 11 is 0. The van der Waals surface area contributed by atoms with Crippen LogP contribution in [0.4, 0.5) is 0 Å². The molecule has 0 aliphatic rings. The maximum Gasteiger partial charge on any atom is 0.183 e. The maximum absolute atomic E-state index is 6.06. The van der Waals surface area contributed by atoms with E-state index in [1.54, 1.807) is 0 Å². The molecule has 0 saturated carbocycles. The SMILES string of the molecule is CCN(CC)CC.N=C(N)N. The fourth-order valence-electron chi connectivity index (χ4n) is 0.671. The molecule has 0 heterocycles. The molecule has 0 atom stereocenters. The first kappa shape index (κ1) is 12.9. The van der Waals surface area contributed by atoms with E-state index in [0.717, 1.165) is 0 Å². The van der Waals surface area contributed by atoms with Gasteiger partial charge in [0.05, 0.1) is 0 Å². The van der Waals surface area contributed by atoms with Crippen LogP contribution < -0.4 is 11.5 Å². The standard InChI is InChI=1S/C6H15N.CH5N3/c1-4-7(5-2)6-3;2-1(3)4/h4-6H2,1-3H3;(H5,2,3,4). The molecule has 4 nitrogen and oxygen atoms in total. The average Bonchev–Trinajstić information content (AvgIpc) is 1.90. The fraction of sp³-hybridized carbons (Fsp3) is 0.857. The molecule has 0 rings (SSSR count). The molecule has 11 heavy (non-hydrogen) atoms. The molecule has 4 heteroatoms. The van der Waals surface area contributed by atoms with Crippen molar-refractivity contribution in [2.75, 3.05) is 19.6 Å².